The number of H-pyrrole nitrogens is 1. The fourth-order valence-electron chi connectivity index (χ4n) is 3.19. The van der Waals surface area contributed by atoms with Crippen molar-refractivity contribution < 1.29 is 4.79 Å². The van der Waals surface area contributed by atoms with Gasteiger partial charge in [-0.15, -0.1) is 11.3 Å². The van der Waals surface area contributed by atoms with E-state index in [-0.39, 0.29) is 5.91 Å². The minimum Gasteiger partial charge on any atom is -0.361 e. The van der Waals surface area contributed by atoms with E-state index >= 15 is 0 Å². The van der Waals surface area contributed by atoms with Gasteiger partial charge in [-0.1, -0.05) is 12.8 Å². The molecule has 1 amide bonds. The zero-order chi connectivity index (χ0) is 14.9. The molecule has 0 unspecified atom stereocenters. The number of carbonyl (C=O) groups is 1. The van der Waals surface area contributed by atoms with Crippen molar-refractivity contribution in [2.45, 2.75) is 31.7 Å². The van der Waals surface area contributed by atoms with E-state index in [0.717, 1.165) is 39.7 Å². The minimum atomic E-state index is 0.0304. The summed E-state index contributed by atoms with van der Waals surface area (Å²) in [5.74, 6) is 0.0304. The van der Waals surface area contributed by atoms with Crippen molar-refractivity contribution in [3.05, 3.63) is 41.7 Å². The van der Waals surface area contributed by atoms with Gasteiger partial charge >= 0.3 is 0 Å². The summed E-state index contributed by atoms with van der Waals surface area (Å²) in [6.07, 6.45) is 8.34. The van der Waals surface area contributed by atoms with Crippen LogP contribution in [0.15, 0.2) is 36.1 Å². The number of hydrogen-bond acceptors (Lipinski definition) is 3. The fraction of sp³-hybridized carbons (Fsp3) is 0.294. The van der Waals surface area contributed by atoms with Crippen LogP contribution in [0.4, 0.5) is 0 Å². The van der Waals surface area contributed by atoms with Crippen LogP contribution in [0.2, 0.25) is 0 Å². The first-order chi connectivity index (χ1) is 10.8. The van der Waals surface area contributed by atoms with E-state index in [2.05, 4.69) is 21.4 Å². The van der Waals surface area contributed by atoms with Crippen LogP contribution in [-0.4, -0.2) is 21.9 Å². The lowest BCUT2D eigenvalue weighted by atomic mass is 10.0. The molecule has 4 nitrogen and oxygen atoms in total. The number of benzene rings is 1. The lowest BCUT2D eigenvalue weighted by Gasteiger charge is -2.13. The van der Waals surface area contributed by atoms with Crippen LogP contribution in [0.25, 0.3) is 21.3 Å². The Morgan fingerprint density at radius 2 is 2.18 bits per heavy atom. The van der Waals surface area contributed by atoms with Gasteiger partial charge in [0.25, 0.3) is 5.91 Å². The van der Waals surface area contributed by atoms with Gasteiger partial charge in [0.05, 0.1) is 10.4 Å². The first-order valence-electron chi connectivity index (χ1n) is 7.62. The third kappa shape index (κ3) is 2.41. The zero-order valence-electron chi connectivity index (χ0n) is 12.1. The van der Waals surface area contributed by atoms with Gasteiger partial charge in [0.15, 0.2) is 0 Å². The number of nitrogens with one attached hydrogen (secondary N) is 2. The molecule has 2 heterocycles. The van der Waals surface area contributed by atoms with Crippen molar-refractivity contribution in [1.82, 2.24) is 15.3 Å². The summed E-state index contributed by atoms with van der Waals surface area (Å²) in [6.45, 7) is 0. The second kappa shape index (κ2) is 5.57. The van der Waals surface area contributed by atoms with Crippen LogP contribution in [0.5, 0.6) is 0 Å². The Morgan fingerprint density at radius 1 is 1.32 bits per heavy atom. The molecule has 112 valence electrons. The summed E-state index contributed by atoms with van der Waals surface area (Å²) in [5.41, 5.74) is 4.58. The molecule has 0 bridgehead atoms. The highest BCUT2D eigenvalue weighted by Gasteiger charge is 2.20. The molecule has 0 spiro atoms. The van der Waals surface area contributed by atoms with Crippen molar-refractivity contribution >= 4 is 28.1 Å². The lowest BCUT2D eigenvalue weighted by molar-refractivity contribution is 0.0939. The van der Waals surface area contributed by atoms with E-state index in [0.29, 0.717) is 6.04 Å². The number of thiazole rings is 1. The number of amides is 1. The SMILES string of the molecule is O=C(NC1CCCC1)c1cc(-c2cncs2)cc2[nH]ccc12. The van der Waals surface area contributed by atoms with E-state index in [1.165, 1.54) is 12.8 Å². The minimum absolute atomic E-state index is 0.0304. The van der Waals surface area contributed by atoms with Crippen molar-refractivity contribution in [2.75, 3.05) is 0 Å². The lowest BCUT2D eigenvalue weighted by Crippen LogP contribution is -2.32. The Labute approximate surface area is 132 Å². The number of aromatic nitrogens is 2. The number of carbonyl (C=O) groups excluding carboxylic acids is 1. The third-order valence-electron chi connectivity index (χ3n) is 4.32. The van der Waals surface area contributed by atoms with Gasteiger partial charge in [0.2, 0.25) is 0 Å². The molecule has 0 radical (unpaired) electrons. The van der Waals surface area contributed by atoms with E-state index in [9.17, 15) is 4.79 Å². The van der Waals surface area contributed by atoms with Crippen molar-refractivity contribution in [2.24, 2.45) is 0 Å². The van der Waals surface area contributed by atoms with Gasteiger partial charge in [-0.3, -0.25) is 9.78 Å². The van der Waals surface area contributed by atoms with Gasteiger partial charge < -0.3 is 10.3 Å². The second-order valence-corrected chi connectivity index (χ2v) is 6.67. The predicted molar refractivity (Wildman–Crippen MR) is 89.1 cm³/mol. The van der Waals surface area contributed by atoms with Gasteiger partial charge in [-0.25, -0.2) is 0 Å². The zero-order valence-corrected chi connectivity index (χ0v) is 13.0. The smallest absolute Gasteiger partial charge is 0.252 e. The Bertz CT molecular complexity index is 801. The van der Waals surface area contributed by atoms with Crippen LogP contribution < -0.4 is 5.32 Å². The first kappa shape index (κ1) is 13.5. The molecule has 1 fully saturated rings. The standard InChI is InChI=1S/C17H17N3OS/c21-17(20-12-3-1-2-4-12)14-7-11(16-9-18-10-22-16)8-15-13(14)5-6-19-15/h5-10,12,19H,1-4H2,(H,20,21). The molecule has 1 aliphatic carbocycles. The Morgan fingerprint density at radius 3 is 2.95 bits per heavy atom. The molecule has 1 aliphatic rings. The summed E-state index contributed by atoms with van der Waals surface area (Å²) in [5, 5.41) is 4.16. The van der Waals surface area contributed by atoms with Crippen LogP contribution in [0, 0.1) is 0 Å². The van der Waals surface area contributed by atoms with E-state index in [4.69, 9.17) is 0 Å². The van der Waals surface area contributed by atoms with Crippen molar-refractivity contribution in [3.8, 4) is 10.4 Å². The Hall–Kier alpha value is -2.14. The Kier molecular flexibility index (Phi) is 3.42. The third-order valence-corrected chi connectivity index (χ3v) is 5.14. The molecule has 0 saturated heterocycles. The summed E-state index contributed by atoms with van der Waals surface area (Å²) in [6, 6.07) is 6.35. The first-order valence-corrected chi connectivity index (χ1v) is 8.50. The number of fused-ring (bicyclic) bond motifs is 1. The van der Waals surface area contributed by atoms with Crippen LogP contribution in [0.1, 0.15) is 36.0 Å². The number of aromatic amines is 1. The number of nitrogens with zero attached hydrogens (tertiary/aromatic N) is 1. The van der Waals surface area contributed by atoms with Crippen LogP contribution in [0.3, 0.4) is 0 Å². The van der Waals surface area contributed by atoms with Gasteiger partial charge in [-0.2, -0.15) is 0 Å². The van der Waals surface area contributed by atoms with Crippen LogP contribution in [-0.2, 0) is 0 Å². The molecular formula is C17H17N3OS. The Balaban J connectivity index is 1.74. The molecule has 3 aromatic rings. The van der Waals surface area contributed by atoms with Gasteiger partial charge in [-0.05, 0) is 36.6 Å². The summed E-state index contributed by atoms with van der Waals surface area (Å²) < 4.78 is 0. The van der Waals surface area contributed by atoms with Gasteiger partial charge in [0.1, 0.15) is 0 Å². The van der Waals surface area contributed by atoms with Crippen LogP contribution >= 0.6 is 11.3 Å². The maximum absolute atomic E-state index is 12.7. The normalized spacial score (nSPS) is 15.5. The van der Waals surface area contributed by atoms with Gasteiger partial charge in [0, 0.05) is 34.9 Å². The largest absolute Gasteiger partial charge is 0.361 e. The molecule has 0 atom stereocenters. The highest BCUT2D eigenvalue weighted by Crippen LogP contribution is 2.30. The molecule has 2 aromatic heterocycles. The molecule has 2 N–H and O–H groups in total. The summed E-state index contributed by atoms with van der Waals surface area (Å²) >= 11 is 1.58. The summed E-state index contributed by atoms with van der Waals surface area (Å²) in [7, 11) is 0. The monoisotopic (exact) mass is 311 g/mol. The van der Waals surface area contributed by atoms with Crippen molar-refractivity contribution in [3.63, 3.8) is 0 Å². The highest BCUT2D eigenvalue weighted by atomic mass is 32.1. The average Bonchev–Trinajstić information content (AvgIpc) is 3.27. The molecule has 1 saturated carbocycles. The van der Waals surface area contributed by atoms with E-state index in [1.54, 1.807) is 11.3 Å². The second-order valence-electron chi connectivity index (χ2n) is 5.78. The number of hydrogen-bond donors (Lipinski definition) is 2. The highest BCUT2D eigenvalue weighted by molar-refractivity contribution is 7.13. The maximum atomic E-state index is 12.7. The van der Waals surface area contributed by atoms with Crippen molar-refractivity contribution in [1.29, 1.82) is 0 Å². The molecule has 1 aromatic carbocycles. The topological polar surface area (TPSA) is 57.8 Å². The molecular weight excluding hydrogens is 294 g/mol. The average molecular weight is 311 g/mol. The summed E-state index contributed by atoms with van der Waals surface area (Å²) in [4.78, 5) is 21.1. The van der Waals surface area contributed by atoms with E-state index < -0.39 is 0 Å². The molecule has 5 heteroatoms. The maximum Gasteiger partial charge on any atom is 0.252 e. The number of rotatable bonds is 3. The molecule has 0 aliphatic heterocycles. The molecule has 4 rings (SSSR count). The van der Waals surface area contributed by atoms with E-state index in [1.807, 2.05) is 30.0 Å². The molecule has 22 heavy (non-hydrogen) atoms. The predicted octanol–water partition coefficient (Wildman–Crippen LogP) is 3.96. The quantitative estimate of drug-likeness (QED) is 0.769. The fourth-order valence-corrected chi connectivity index (χ4v) is 3.80.